The van der Waals surface area contributed by atoms with Crippen LogP contribution >= 0.6 is 0 Å². The van der Waals surface area contributed by atoms with Crippen LogP contribution in [0.4, 0.5) is 0 Å². The predicted molar refractivity (Wildman–Crippen MR) is 180 cm³/mol. The molecule has 1 atom stereocenters. The van der Waals surface area contributed by atoms with Gasteiger partial charge in [-0.25, -0.2) is 21.1 Å². The standard InChI is InChI=1S/C35H45NO8S2/c1-7-32(34(37)42-8-2)35(23-36(24-35)46(6,40)41)29-13-15-30(16-14-29)44-22-27-11-9-12-28(21-27)33-25(3)19-31(20-26(33)4)43-17-10-18-45(5,38)39/h9,11-16,19-21,32H,7-8,10,17-18,22-24H2,1-6H3. The first kappa shape index (κ1) is 35.4. The quantitative estimate of drug-likeness (QED) is 0.154. The van der Waals surface area contributed by atoms with Crippen LogP contribution < -0.4 is 9.47 Å². The third-order valence-corrected chi connectivity index (χ3v) is 10.7. The van der Waals surface area contributed by atoms with Crippen LogP contribution in [-0.4, -0.2) is 71.7 Å². The van der Waals surface area contributed by atoms with Gasteiger partial charge in [-0.3, -0.25) is 4.79 Å². The fourth-order valence-corrected chi connectivity index (χ4v) is 7.86. The average molecular weight is 672 g/mol. The number of carbonyl (C=O) groups is 1. The number of hydrogen-bond donors (Lipinski definition) is 0. The molecule has 0 spiro atoms. The van der Waals surface area contributed by atoms with Gasteiger partial charge < -0.3 is 14.2 Å². The van der Waals surface area contributed by atoms with Crippen LogP contribution in [-0.2, 0) is 41.4 Å². The minimum absolute atomic E-state index is 0.0990. The van der Waals surface area contributed by atoms with Gasteiger partial charge in [-0.2, -0.15) is 0 Å². The van der Waals surface area contributed by atoms with Gasteiger partial charge in [-0.1, -0.05) is 37.3 Å². The van der Waals surface area contributed by atoms with E-state index in [0.717, 1.165) is 39.1 Å². The highest BCUT2D eigenvalue weighted by atomic mass is 32.2. The lowest BCUT2D eigenvalue weighted by Gasteiger charge is -2.52. The monoisotopic (exact) mass is 671 g/mol. The highest BCUT2D eigenvalue weighted by Gasteiger charge is 2.55. The van der Waals surface area contributed by atoms with Crippen molar-refractivity contribution in [2.45, 2.75) is 52.6 Å². The molecular weight excluding hydrogens is 627 g/mol. The number of carbonyl (C=O) groups excluding carboxylic acids is 1. The van der Waals surface area contributed by atoms with Gasteiger partial charge in [-0.05, 0) is 97.3 Å². The Morgan fingerprint density at radius 2 is 1.54 bits per heavy atom. The molecule has 0 bridgehead atoms. The van der Waals surface area contributed by atoms with Crippen LogP contribution in [0.1, 0.15) is 48.9 Å². The number of benzene rings is 3. The van der Waals surface area contributed by atoms with Crippen molar-refractivity contribution >= 4 is 25.8 Å². The third-order valence-electron chi connectivity index (χ3n) is 8.52. The normalized spacial score (nSPS) is 15.5. The summed E-state index contributed by atoms with van der Waals surface area (Å²) >= 11 is 0. The van der Waals surface area contributed by atoms with Crippen molar-refractivity contribution in [3.63, 3.8) is 0 Å². The topological polar surface area (TPSA) is 116 Å². The largest absolute Gasteiger partial charge is 0.494 e. The molecular formula is C35H45NO8S2. The number of sulfone groups is 1. The van der Waals surface area contributed by atoms with Gasteiger partial charge in [-0.15, -0.1) is 0 Å². The summed E-state index contributed by atoms with van der Waals surface area (Å²) in [5, 5.41) is 0. The number of sulfonamides is 1. The van der Waals surface area contributed by atoms with Crippen LogP contribution in [0.2, 0.25) is 0 Å². The van der Waals surface area contributed by atoms with Crippen molar-refractivity contribution in [3.8, 4) is 22.6 Å². The maximum absolute atomic E-state index is 12.9. The summed E-state index contributed by atoms with van der Waals surface area (Å²) in [6, 6.07) is 19.7. The van der Waals surface area contributed by atoms with E-state index in [2.05, 4.69) is 12.1 Å². The fraction of sp³-hybridized carbons (Fsp3) is 0.457. The third kappa shape index (κ3) is 8.49. The number of nitrogens with zero attached hydrogens (tertiary/aromatic N) is 1. The first-order valence-electron chi connectivity index (χ1n) is 15.5. The first-order valence-corrected chi connectivity index (χ1v) is 19.4. The second kappa shape index (κ2) is 14.6. The van der Waals surface area contributed by atoms with Crippen molar-refractivity contribution < 1.29 is 35.8 Å². The Morgan fingerprint density at radius 3 is 2.11 bits per heavy atom. The molecule has 0 N–H and O–H groups in total. The molecule has 0 aliphatic carbocycles. The number of esters is 1. The van der Waals surface area contributed by atoms with E-state index in [1.54, 1.807) is 6.92 Å². The molecule has 250 valence electrons. The van der Waals surface area contributed by atoms with Crippen LogP contribution in [0.15, 0.2) is 60.7 Å². The van der Waals surface area contributed by atoms with Gasteiger partial charge in [0.25, 0.3) is 0 Å². The molecule has 3 aromatic rings. The van der Waals surface area contributed by atoms with Gasteiger partial charge >= 0.3 is 5.97 Å². The molecule has 11 heteroatoms. The van der Waals surface area contributed by atoms with Crippen molar-refractivity contribution in [3.05, 3.63) is 82.9 Å². The van der Waals surface area contributed by atoms with E-state index in [1.807, 2.05) is 69.3 Å². The average Bonchev–Trinajstić information content (AvgIpc) is 2.95. The maximum atomic E-state index is 12.9. The van der Waals surface area contributed by atoms with Crippen LogP contribution in [0.5, 0.6) is 11.5 Å². The molecule has 1 saturated heterocycles. The highest BCUT2D eigenvalue weighted by Crippen LogP contribution is 2.45. The second-order valence-corrected chi connectivity index (χ2v) is 16.4. The zero-order chi connectivity index (χ0) is 33.7. The summed E-state index contributed by atoms with van der Waals surface area (Å²) in [5.41, 5.74) is 5.49. The van der Waals surface area contributed by atoms with Gasteiger partial charge in [0, 0.05) is 24.8 Å². The van der Waals surface area contributed by atoms with E-state index in [4.69, 9.17) is 14.2 Å². The van der Waals surface area contributed by atoms with Gasteiger partial charge in [0.05, 0.1) is 31.1 Å². The molecule has 4 rings (SSSR count). The van der Waals surface area contributed by atoms with Crippen LogP contribution in [0, 0.1) is 19.8 Å². The SMILES string of the molecule is CCOC(=O)C(CC)C1(c2ccc(OCc3cccc(-c4c(C)cc(OCCCS(C)(=O)=O)cc4C)c3)cc2)CN(S(C)(=O)=O)C1. The number of rotatable bonds is 15. The number of ether oxygens (including phenoxy) is 3. The second-order valence-electron chi connectivity index (χ2n) is 12.2. The summed E-state index contributed by atoms with van der Waals surface area (Å²) in [7, 11) is -6.39. The van der Waals surface area contributed by atoms with Crippen LogP contribution in [0.25, 0.3) is 11.1 Å². The van der Waals surface area contributed by atoms with E-state index in [9.17, 15) is 21.6 Å². The molecule has 3 aromatic carbocycles. The lowest BCUT2D eigenvalue weighted by Crippen LogP contribution is -2.65. The Labute approximate surface area is 273 Å². The molecule has 1 fully saturated rings. The summed E-state index contributed by atoms with van der Waals surface area (Å²) < 4.78 is 66.0. The van der Waals surface area contributed by atoms with Gasteiger partial charge in [0.2, 0.25) is 10.0 Å². The molecule has 9 nitrogen and oxygen atoms in total. The minimum atomic E-state index is -3.38. The van der Waals surface area contributed by atoms with Crippen molar-refractivity contribution in [2.75, 3.05) is 44.6 Å². The van der Waals surface area contributed by atoms with E-state index in [0.29, 0.717) is 31.8 Å². The molecule has 1 aliphatic heterocycles. The zero-order valence-corrected chi connectivity index (χ0v) is 29.2. The van der Waals surface area contributed by atoms with Crippen molar-refractivity contribution in [2.24, 2.45) is 5.92 Å². The van der Waals surface area contributed by atoms with E-state index in [1.165, 1.54) is 16.8 Å². The highest BCUT2D eigenvalue weighted by molar-refractivity contribution is 7.90. The van der Waals surface area contributed by atoms with Crippen LogP contribution in [0.3, 0.4) is 0 Å². The van der Waals surface area contributed by atoms with E-state index >= 15 is 0 Å². The Morgan fingerprint density at radius 1 is 0.891 bits per heavy atom. The summed E-state index contributed by atoms with van der Waals surface area (Å²) in [6.45, 7) is 9.17. The molecule has 0 radical (unpaired) electrons. The molecule has 46 heavy (non-hydrogen) atoms. The zero-order valence-electron chi connectivity index (χ0n) is 27.5. The Balaban J connectivity index is 1.46. The van der Waals surface area contributed by atoms with Gasteiger partial charge in [0.15, 0.2) is 0 Å². The predicted octanol–water partition coefficient (Wildman–Crippen LogP) is 5.47. The minimum Gasteiger partial charge on any atom is -0.494 e. The number of aryl methyl sites for hydroxylation is 2. The van der Waals surface area contributed by atoms with E-state index < -0.39 is 31.2 Å². The van der Waals surface area contributed by atoms with Crippen molar-refractivity contribution in [1.29, 1.82) is 0 Å². The first-order chi connectivity index (χ1) is 21.7. The Bertz CT molecular complexity index is 1720. The molecule has 0 aromatic heterocycles. The summed E-state index contributed by atoms with van der Waals surface area (Å²) in [5.74, 6) is 0.706. The Kier molecular flexibility index (Phi) is 11.2. The molecule has 1 heterocycles. The molecule has 0 amide bonds. The van der Waals surface area contributed by atoms with Crippen molar-refractivity contribution in [1.82, 2.24) is 4.31 Å². The maximum Gasteiger partial charge on any atom is 0.309 e. The lowest BCUT2D eigenvalue weighted by atomic mass is 9.65. The smallest absolute Gasteiger partial charge is 0.309 e. The summed E-state index contributed by atoms with van der Waals surface area (Å²) in [6.07, 6.45) is 3.39. The molecule has 1 aliphatic rings. The molecule has 0 saturated carbocycles. The lowest BCUT2D eigenvalue weighted by molar-refractivity contribution is -0.153. The summed E-state index contributed by atoms with van der Waals surface area (Å²) in [4.78, 5) is 12.9. The number of hydrogen-bond acceptors (Lipinski definition) is 8. The Hall–Kier alpha value is -3.41. The fourth-order valence-electron chi connectivity index (χ4n) is 6.29. The molecule has 1 unspecified atom stereocenters. The van der Waals surface area contributed by atoms with Gasteiger partial charge in [0.1, 0.15) is 27.9 Å². The van der Waals surface area contributed by atoms with E-state index in [-0.39, 0.29) is 31.4 Å².